The van der Waals surface area contributed by atoms with E-state index in [0.717, 1.165) is 11.2 Å². The first-order valence-electron chi connectivity index (χ1n) is 7.91. The van der Waals surface area contributed by atoms with Crippen LogP contribution >= 0.6 is 23.2 Å². The van der Waals surface area contributed by atoms with Gasteiger partial charge in [-0.15, -0.1) is 0 Å². The SMILES string of the molecule is Cc1cccn2cc(CC(=O)OCc3cn4cc(Cl)cc(Cl)c4n3)nc12. The first kappa shape index (κ1) is 16.9. The number of imidazole rings is 2. The van der Waals surface area contributed by atoms with Crippen LogP contribution in [0.1, 0.15) is 17.0 Å². The monoisotopic (exact) mass is 388 g/mol. The van der Waals surface area contributed by atoms with E-state index < -0.39 is 0 Å². The summed E-state index contributed by atoms with van der Waals surface area (Å²) in [5, 5.41) is 0.945. The van der Waals surface area contributed by atoms with Gasteiger partial charge < -0.3 is 13.5 Å². The molecule has 0 aromatic carbocycles. The minimum Gasteiger partial charge on any atom is -0.459 e. The number of fused-ring (bicyclic) bond motifs is 2. The van der Waals surface area contributed by atoms with Crippen molar-refractivity contribution < 1.29 is 9.53 Å². The summed E-state index contributed by atoms with van der Waals surface area (Å²) in [5.74, 6) is -0.368. The van der Waals surface area contributed by atoms with Crippen molar-refractivity contribution in [3.63, 3.8) is 0 Å². The lowest BCUT2D eigenvalue weighted by Crippen LogP contribution is -2.08. The van der Waals surface area contributed by atoms with Crippen molar-refractivity contribution >= 4 is 40.5 Å². The smallest absolute Gasteiger partial charge is 0.312 e. The number of hydrogen-bond acceptors (Lipinski definition) is 4. The van der Waals surface area contributed by atoms with Gasteiger partial charge in [0.05, 0.1) is 27.9 Å². The Balaban J connectivity index is 1.45. The molecule has 0 N–H and O–H groups in total. The Morgan fingerprint density at radius 1 is 1.12 bits per heavy atom. The van der Waals surface area contributed by atoms with E-state index in [4.69, 9.17) is 27.9 Å². The van der Waals surface area contributed by atoms with Crippen molar-refractivity contribution in [1.82, 2.24) is 18.8 Å². The number of carbonyl (C=O) groups excluding carboxylic acids is 1. The molecule has 4 aromatic heterocycles. The highest BCUT2D eigenvalue weighted by molar-refractivity contribution is 6.36. The normalized spacial score (nSPS) is 11.3. The number of aryl methyl sites for hydroxylation is 1. The van der Waals surface area contributed by atoms with Crippen molar-refractivity contribution in [3.8, 4) is 0 Å². The number of carbonyl (C=O) groups is 1. The van der Waals surface area contributed by atoms with Gasteiger partial charge in [0, 0.05) is 24.8 Å². The second-order valence-electron chi connectivity index (χ2n) is 5.96. The third-order valence-corrected chi connectivity index (χ3v) is 4.44. The average molecular weight is 389 g/mol. The molecule has 6 nitrogen and oxygen atoms in total. The molecule has 0 unspecified atom stereocenters. The van der Waals surface area contributed by atoms with Gasteiger partial charge in [0.1, 0.15) is 12.3 Å². The molecule has 8 heteroatoms. The maximum absolute atomic E-state index is 12.1. The van der Waals surface area contributed by atoms with Crippen molar-refractivity contribution in [2.75, 3.05) is 0 Å². The van der Waals surface area contributed by atoms with Gasteiger partial charge in [-0.3, -0.25) is 4.79 Å². The van der Waals surface area contributed by atoms with Crippen LogP contribution in [0.25, 0.3) is 11.3 Å². The van der Waals surface area contributed by atoms with Gasteiger partial charge in [0.2, 0.25) is 0 Å². The van der Waals surface area contributed by atoms with Gasteiger partial charge in [-0.2, -0.15) is 0 Å². The van der Waals surface area contributed by atoms with Gasteiger partial charge >= 0.3 is 5.97 Å². The summed E-state index contributed by atoms with van der Waals surface area (Å²) in [4.78, 5) is 21.0. The summed E-state index contributed by atoms with van der Waals surface area (Å²) < 4.78 is 8.92. The van der Waals surface area contributed by atoms with Crippen LogP contribution in [-0.2, 0) is 22.6 Å². The topological polar surface area (TPSA) is 60.9 Å². The number of hydrogen-bond donors (Lipinski definition) is 0. The Bertz CT molecular complexity index is 1130. The molecule has 0 fully saturated rings. The minimum atomic E-state index is -0.368. The van der Waals surface area contributed by atoms with Crippen LogP contribution in [0.5, 0.6) is 0 Å². The van der Waals surface area contributed by atoms with E-state index in [2.05, 4.69) is 9.97 Å². The van der Waals surface area contributed by atoms with Gasteiger partial charge in [0.25, 0.3) is 0 Å². The average Bonchev–Trinajstić information content (AvgIpc) is 3.17. The largest absolute Gasteiger partial charge is 0.459 e. The molecule has 0 aliphatic heterocycles. The van der Waals surface area contributed by atoms with E-state index in [1.807, 2.05) is 35.9 Å². The molecule has 0 aliphatic carbocycles. The third kappa shape index (κ3) is 3.25. The quantitative estimate of drug-likeness (QED) is 0.497. The maximum Gasteiger partial charge on any atom is 0.312 e. The zero-order valence-corrected chi connectivity index (χ0v) is 15.3. The summed E-state index contributed by atoms with van der Waals surface area (Å²) in [7, 11) is 0. The molecule has 0 aliphatic rings. The van der Waals surface area contributed by atoms with Gasteiger partial charge in [-0.1, -0.05) is 29.3 Å². The predicted octanol–water partition coefficient (Wildman–Crippen LogP) is 3.88. The molecule has 0 amide bonds. The Labute approximate surface area is 159 Å². The highest BCUT2D eigenvalue weighted by atomic mass is 35.5. The summed E-state index contributed by atoms with van der Waals surface area (Å²) in [6, 6.07) is 5.53. The molecule has 0 saturated carbocycles. The van der Waals surface area contributed by atoms with Gasteiger partial charge in [-0.05, 0) is 24.6 Å². The van der Waals surface area contributed by atoms with E-state index in [1.165, 1.54) is 0 Å². The molecule has 0 atom stereocenters. The number of halogens is 2. The molecule has 26 heavy (non-hydrogen) atoms. The van der Waals surface area contributed by atoms with Crippen LogP contribution in [0, 0.1) is 6.92 Å². The standard InChI is InChI=1S/C18H14Cl2N4O2/c1-11-3-2-4-23-8-13(21-17(11)23)6-16(25)26-10-14-9-24-7-12(19)5-15(20)18(24)22-14/h2-5,7-9H,6,10H2,1H3. The summed E-state index contributed by atoms with van der Waals surface area (Å²) >= 11 is 12.1. The first-order valence-corrected chi connectivity index (χ1v) is 8.66. The van der Waals surface area contributed by atoms with Crippen LogP contribution in [-0.4, -0.2) is 24.7 Å². The highest BCUT2D eigenvalue weighted by Crippen LogP contribution is 2.22. The van der Waals surface area contributed by atoms with Crippen LogP contribution in [0.4, 0.5) is 0 Å². The van der Waals surface area contributed by atoms with Crippen molar-refractivity contribution in [1.29, 1.82) is 0 Å². The number of esters is 1. The zero-order chi connectivity index (χ0) is 18.3. The number of aromatic nitrogens is 4. The van der Waals surface area contributed by atoms with Gasteiger partial charge in [0.15, 0.2) is 5.65 Å². The zero-order valence-electron chi connectivity index (χ0n) is 13.8. The lowest BCUT2D eigenvalue weighted by Gasteiger charge is -2.00. The minimum absolute atomic E-state index is 0.0564. The van der Waals surface area contributed by atoms with Gasteiger partial charge in [-0.25, -0.2) is 9.97 Å². The molecule has 0 radical (unpaired) electrons. The van der Waals surface area contributed by atoms with E-state index in [9.17, 15) is 4.79 Å². The maximum atomic E-state index is 12.1. The summed E-state index contributed by atoms with van der Waals surface area (Å²) in [5.41, 5.74) is 3.70. The second-order valence-corrected chi connectivity index (χ2v) is 6.80. The number of pyridine rings is 2. The van der Waals surface area contributed by atoms with E-state index in [1.54, 1.807) is 22.9 Å². The van der Waals surface area contributed by atoms with Crippen LogP contribution in [0.2, 0.25) is 10.0 Å². The van der Waals surface area contributed by atoms with E-state index in [0.29, 0.717) is 27.1 Å². The Morgan fingerprint density at radius 2 is 1.88 bits per heavy atom. The van der Waals surface area contributed by atoms with E-state index >= 15 is 0 Å². The van der Waals surface area contributed by atoms with Crippen LogP contribution in [0.3, 0.4) is 0 Å². The van der Waals surface area contributed by atoms with Crippen molar-refractivity contribution in [2.45, 2.75) is 20.0 Å². The fourth-order valence-corrected chi connectivity index (χ4v) is 3.32. The number of rotatable bonds is 4. The first-order chi connectivity index (χ1) is 12.5. The molecule has 0 saturated heterocycles. The molecule has 132 valence electrons. The Hall–Kier alpha value is -2.57. The number of ether oxygens (including phenoxy) is 1. The molecule has 0 bridgehead atoms. The lowest BCUT2D eigenvalue weighted by molar-refractivity contribution is -0.144. The molecule has 4 rings (SSSR count). The lowest BCUT2D eigenvalue weighted by atomic mass is 10.3. The molecule has 0 spiro atoms. The highest BCUT2D eigenvalue weighted by Gasteiger charge is 2.12. The van der Waals surface area contributed by atoms with E-state index in [-0.39, 0.29) is 19.0 Å². The fourth-order valence-electron chi connectivity index (χ4n) is 2.79. The number of nitrogens with zero attached hydrogens (tertiary/aromatic N) is 4. The predicted molar refractivity (Wildman–Crippen MR) is 98.6 cm³/mol. The van der Waals surface area contributed by atoms with Crippen molar-refractivity contribution in [2.24, 2.45) is 0 Å². The molecular formula is C18H14Cl2N4O2. The molecular weight excluding hydrogens is 375 g/mol. The summed E-state index contributed by atoms with van der Waals surface area (Å²) in [6.45, 7) is 2.03. The fraction of sp³-hybridized carbons (Fsp3) is 0.167. The second kappa shape index (κ2) is 6.63. The molecule has 4 aromatic rings. The van der Waals surface area contributed by atoms with Crippen molar-refractivity contribution in [3.05, 3.63) is 70.0 Å². The third-order valence-electron chi connectivity index (χ3n) is 3.96. The Morgan fingerprint density at radius 3 is 2.69 bits per heavy atom. The van der Waals surface area contributed by atoms with Crippen LogP contribution < -0.4 is 0 Å². The molecule has 4 heterocycles. The van der Waals surface area contributed by atoms with Crippen LogP contribution in [0.15, 0.2) is 43.0 Å². The Kier molecular flexibility index (Phi) is 4.30. The summed E-state index contributed by atoms with van der Waals surface area (Å²) in [6.07, 6.45) is 7.25.